The molecule has 0 N–H and O–H groups in total. The van der Waals surface area contributed by atoms with E-state index in [1.807, 2.05) is 4.90 Å². The summed E-state index contributed by atoms with van der Waals surface area (Å²) in [6.45, 7) is 4.85. The molecule has 2 heteroatoms. The fourth-order valence-electron chi connectivity index (χ4n) is 1.90. The molecule has 1 unspecified atom stereocenters. The first-order valence-electron chi connectivity index (χ1n) is 3.76. The Labute approximate surface area is 60.5 Å². The molecular weight excluding hydrogens is 126 g/mol. The minimum absolute atomic E-state index is 0.285. The van der Waals surface area contributed by atoms with Gasteiger partial charge in [0.25, 0.3) is 0 Å². The lowest BCUT2D eigenvalue weighted by atomic mass is 10.1. The Bertz CT molecular complexity index is 177. The van der Waals surface area contributed by atoms with E-state index in [1.54, 1.807) is 0 Å². The van der Waals surface area contributed by atoms with Crippen molar-refractivity contribution in [2.24, 2.45) is 0 Å². The van der Waals surface area contributed by atoms with Gasteiger partial charge < -0.3 is 4.90 Å². The van der Waals surface area contributed by atoms with Gasteiger partial charge in [-0.1, -0.05) is 6.58 Å². The first kappa shape index (κ1) is 5.96. The molecule has 0 aliphatic carbocycles. The lowest BCUT2D eigenvalue weighted by Crippen LogP contribution is -2.26. The van der Waals surface area contributed by atoms with Crippen molar-refractivity contribution in [3.63, 3.8) is 0 Å². The van der Waals surface area contributed by atoms with Gasteiger partial charge in [-0.25, -0.2) is 0 Å². The summed E-state index contributed by atoms with van der Waals surface area (Å²) in [5.41, 5.74) is 1.13. The van der Waals surface area contributed by atoms with Crippen LogP contribution < -0.4 is 0 Å². The Morgan fingerprint density at radius 3 is 3.10 bits per heavy atom. The number of hydrogen-bond donors (Lipinski definition) is 0. The van der Waals surface area contributed by atoms with Crippen molar-refractivity contribution in [1.82, 2.24) is 4.90 Å². The van der Waals surface area contributed by atoms with Crippen LogP contribution in [0.4, 0.5) is 0 Å². The SMILES string of the molecule is C=C1CC(=O)N2CCCC12. The monoisotopic (exact) mass is 137 g/mol. The van der Waals surface area contributed by atoms with E-state index in [1.165, 1.54) is 0 Å². The zero-order valence-corrected chi connectivity index (χ0v) is 5.97. The van der Waals surface area contributed by atoms with Crippen LogP contribution in [0, 0.1) is 0 Å². The van der Waals surface area contributed by atoms with Crippen LogP contribution in [0.3, 0.4) is 0 Å². The molecule has 0 radical (unpaired) electrons. The molecule has 2 aliphatic rings. The first-order chi connectivity index (χ1) is 4.79. The van der Waals surface area contributed by atoms with E-state index in [2.05, 4.69) is 6.58 Å². The van der Waals surface area contributed by atoms with E-state index in [0.717, 1.165) is 25.0 Å². The largest absolute Gasteiger partial charge is 0.336 e. The third-order valence-electron chi connectivity index (χ3n) is 2.42. The fourth-order valence-corrected chi connectivity index (χ4v) is 1.90. The van der Waals surface area contributed by atoms with Gasteiger partial charge in [0.05, 0.1) is 6.04 Å². The maximum atomic E-state index is 11.1. The molecule has 1 atom stereocenters. The number of fused-ring (bicyclic) bond motifs is 1. The molecule has 0 aromatic heterocycles. The quantitative estimate of drug-likeness (QED) is 0.455. The maximum absolute atomic E-state index is 11.1. The summed E-state index contributed by atoms with van der Waals surface area (Å²) in [4.78, 5) is 13.1. The maximum Gasteiger partial charge on any atom is 0.227 e. The van der Waals surface area contributed by atoms with Gasteiger partial charge in [0.15, 0.2) is 0 Å². The normalized spacial score (nSPS) is 31.6. The topological polar surface area (TPSA) is 20.3 Å². The van der Waals surface area contributed by atoms with Crippen molar-refractivity contribution in [3.05, 3.63) is 12.2 Å². The number of amides is 1. The number of carbonyl (C=O) groups is 1. The summed E-state index contributed by atoms with van der Waals surface area (Å²) in [5.74, 6) is 0.285. The predicted molar refractivity (Wildman–Crippen MR) is 38.5 cm³/mol. The van der Waals surface area contributed by atoms with Crippen molar-refractivity contribution >= 4 is 5.91 Å². The first-order valence-corrected chi connectivity index (χ1v) is 3.76. The molecule has 54 valence electrons. The highest BCUT2D eigenvalue weighted by atomic mass is 16.2. The van der Waals surface area contributed by atoms with Gasteiger partial charge in [0.2, 0.25) is 5.91 Å². The van der Waals surface area contributed by atoms with E-state index >= 15 is 0 Å². The van der Waals surface area contributed by atoms with Crippen molar-refractivity contribution < 1.29 is 4.79 Å². The zero-order valence-electron chi connectivity index (χ0n) is 5.97. The Balaban J connectivity index is 2.27. The zero-order chi connectivity index (χ0) is 7.14. The lowest BCUT2D eigenvalue weighted by Gasteiger charge is -2.13. The summed E-state index contributed by atoms with van der Waals surface area (Å²) < 4.78 is 0. The van der Waals surface area contributed by atoms with E-state index in [-0.39, 0.29) is 5.91 Å². The van der Waals surface area contributed by atoms with Crippen molar-refractivity contribution in [2.45, 2.75) is 25.3 Å². The highest BCUT2D eigenvalue weighted by molar-refractivity contribution is 5.83. The second-order valence-corrected chi connectivity index (χ2v) is 3.08. The highest BCUT2D eigenvalue weighted by Gasteiger charge is 2.36. The Morgan fingerprint density at radius 1 is 1.60 bits per heavy atom. The van der Waals surface area contributed by atoms with Gasteiger partial charge in [-0.05, 0) is 18.4 Å². The predicted octanol–water partition coefficient (Wildman–Crippen LogP) is 0.937. The smallest absolute Gasteiger partial charge is 0.227 e. The average molecular weight is 137 g/mol. The van der Waals surface area contributed by atoms with Crippen LogP contribution in [0.25, 0.3) is 0 Å². The molecule has 0 aromatic carbocycles. The van der Waals surface area contributed by atoms with Crippen LogP contribution in [0.5, 0.6) is 0 Å². The molecule has 10 heavy (non-hydrogen) atoms. The number of rotatable bonds is 0. The summed E-state index contributed by atoms with van der Waals surface area (Å²) >= 11 is 0. The summed E-state index contributed by atoms with van der Waals surface area (Å²) in [6, 6.07) is 0.410. The number of nitrogens with zero attached hydrogens (tertiary/aromatic N) is 1. The molecule has 2 saturated heterocycles. The van der Waals surface area contributed by atoms with Gasteiger partial charge in [-0.3, -0.25) is 4.79 Å². The third kappa shape index (κ3) is 0.618. The van der Waals surface area contributed by atoms with Crippen LogP contribution in [0.2, 0.25) is 0 Å². The van der Waals surface area contributed by atoms with E-state index in [4.69, 9.17) is 0 Å². The molecule has 0 aromatic rings. The second kappa shape index (κ2) is 1.84. The number of hydrogen-bond acceptors (Lipinski definition) is 1. The Kier molecular flexibility index (Phi) is 1.10. The highest BCUT2D eigenvalue weighted by Crippen LogP contribution is 2.31. The van der Waals surface area contributed by atoms with Crippen LogP contribution in [-0.4, -0.2) is 23.4 Å². The lowest BCUT2D eigenvalue weighted by molar-refractivity contribution is -0.127. The van der Waals surface area contributed by atoms with Gasteiger partial charge in [0.1, 0.15) is 0 Å². The minimum atomic E-state index is 0.285. The van der Waals surface area contributed by atoms with E-state index in [0.29, 0.717) is 12.5 Å². The Morgan fingerprint density at radius 2 is 2.40 bits per heavy atom. The minimum Gasteiger partial charge on any atom is -0.336 e. The van der Waals surface area contributed by atoms with E-state index < -0.39 is 0 Å². The van der Waals surface area contributed by atoms with Crippen LogP contribution >= 0.6 is 0 Å². The fraction of sp³-hybridized carbons (Fsp3) is 0.625. The van der Waals surface area contributed by atoms with Gasteiger partial charge >= 0.3 is 0 Å². The molecule has 2 rings (SSSR count). The van der Waals surface area contributed by atoms with Crippen LogP contribution in [-0.2, 0) is 4.79 Å². The summed E-state index contributed by atoms with van der Waals surface area (Å²) in [5, 5.41) is 0. The summed E-state index contributed by atoms with van der Waals surface area (Å²) in [6.07, 6.45) is 2.91. The molecule has 2 fully saturated rings. The van der Waals surface area contributed by atoms with Crippen molar-refractivity contribution in [2.75, 3.05) is 6.54 Å². The molecule has 2 heterocycles. The molecule has 2 aliphatic heterocycles. The van der Waals surface area contributed by atoms with Gasteiger partial charge in [-0.15, -0.1) is 0 Å². The van der Waals surface area contributed by atoms with Crippen LogP contribution in [0.1, 0.15) is 19.3 Å². The van der Waals surface area contributed by atoms with Gasteiger partial charge in [-0.2, -0.15) is 0 Å². The second-order valence-electron chi connectivity index (χ2n) is 3.08. The van der Waals surface area contributed by atoms with Crippen molar-refractivity contribution in [1.29, 1.82) is 0 Å². The molecule has 0 saturated carbocycles. The molecule has 1 amide bonds. The third-order valence-corrected chi connectivity index (χ3v) is 2.42. The Hall–Kier alpha value is -0.790. The molecule has 0 spiro atoms. The molecule has 2 nitrogen and oxygen atoms in total. The molecular formula is C8H11NO. The summed E-state index contributed by atoms with van der Waals surface area (Å²) in [7, 11) is 0. The van der Waals surface area contributed by atoms with Crippen LogP contribution in [0.15, 0.2) is 12.2 Å². The number of carbonyl (C=O) groups excluding carboxylic acids is 1. The van der Waals surface area contributed by atoms with Crippen molar-refractivity contribution in [3.8, 4) is 0 Å². The van der Waals surface area contributed by atoms with E-state index in [9.17, 15) is 4.79 Å². The standard InChI is InChI=1S/C8H11NO/c1-6-5-8(10)9-4-2-3-7(6)9/h7H,1-5H2. The average Bonchev–Trinajstić information content (AvgIpc) is 2.39. The molecule has 0 bridgehead atoms. The van der Waals surface area contributed by atoms with Gasteiger partial charge in [0, 0.05) is 13.0 Å².